The Morgan fingerprint density at radius 1 is 0.938 bits per heavy atom. The SMILES string of the molecule is O=C(NCCC(c1ccccc1)c1ccccc1)c1ccc(OCCN2CCCC2)nc1. The summed E-state index contributed by atoms with van der Waals surface area (Å²) in [5, 5.41) is 3.04. The van der Waals surface area contributed by atoms with Crippen LogP contribution in [0.2, 0.25) is 0 Å². The topological polar surface area (TPSA) is 54.5 Å². The predicted octanol–water partition coefficient (Wildman–Crippen LogP) is 4.51. The first-order valence-corrected chi connectivity index (χ1v) is 11.5. The molecule has 166 valence electrons. The van der Waals surface area contributed by atoms with Crippen molar-refractivity contribution in [3.8, 4) is 5.88 Å². The molecule has 1 amide bonds. The Morgan fingerprint density at radius 3 is 2.19 bits per heavy atom. The van der Waals surface area contributed by atoms with Crippen LogP contribution in [0.25, 0.3) is 0 Å². The van der Waals surface area contributed by atoms with Crippen molar-refractivity contribution in [1.29, 1.82) is 0 Å². The Bertz CT molecular complexity index is 916. The number of nitrogens with zero attached hydrogens (tertiary/aromatic N) is 2. The number of aromatic nitrogens is 1. The van der Waals surface area contributed by atoms with E-state index in [2.05, 4.69) is 63.7 Å². The number of amides is 1. The number of carbonyl (C=O) groups is 1. The largest absolute Gasteiger partial charge is 0.476 e. The first-order valence-electron chi connectivity index (χ1n) is 11.5. The molecule has 0 atom stereocenters. The molecule has 1 saturated heterocycles. The predicted molar refractivity (Wildman–Crippen MR) is 127 cm³/mol. The Hall–Kier alpha value is -3.18. The Morgan fingerprint density at radius 2 is 1.59 bits per heavy atom. The van der Waals surface area contributed by atoms with Crippen LogP contribution in [0.5, 0.6) is 5.88 Å². The van der Waals surface area contributed by atoms with Crippen molar-refractivity contribution in [2.45, 2.75) is 25.2 Å². The number of nitrogens with one attached hydrogen (secondary N) is 1. The van der Waals surface area contributed by atoms with E-state index in [-0.39, 0.29) is 11.8 Å². The minimum absolute atomic E-state index is 0.110. The molecule has 1 fully saturated rings. The van der Waals surface area contributed by atoms with Gasteiger partial charge in [0.05, 0.1) is 5.56 Å². The second-order valence-electron chi connectivity index (χ2n) is 8.20. The summed E-state index contributed by atoms with van der Waals surface area (Å²) in [5.74, 6) is 0.692. The molecule has 0 saturated carbocycles. The van der Waals surface area contributed by atoms with Gasteiger partial charge < -0.3 is 10.1 Å². The van der Waals surface area contributed by atoms with E-state index in [1.165, 1.54) is 24.0 Å². The summed E-state index contributed by atoms with van der Waals surface area (Å²) in [6.07, 6.45) is 4.97. The molecule has 0 aliphatic carbocycles. The van der Waals surface area contributed by atoms with Crippen molar-refractivity contribution in [3.63, 3.8) is 0 Å². The molecule has 5 nitrogen and oxygen atoms in total. The molecule has 0 radical (unpaired) electrons. The number of carbonyl (C=O) groups excluding carboxylic acids is 1. The molecular weight excluding hydrogens is 398 g/mol. The van der Waals surface area contributed by atoms with E-state index in [1.807, 2.05) is 12.1 Å². The van der Waals surface area contributed by atoms with Gasteiger partial charge in [-0.2, -0.15) is 0 Å². The van der Waals surface area contributed by atoms with Crippen molar-refractivity contribution in [2.75, 3.05) is 32.8 Å². The molecule has 3 aromatic rings. The van der Waals surface area contributed by atoms with Crippen LogP contribution in [0.15, 0.2) is 79.0 Å². The highest BCUT2D eigenvalue weighted by Crippen LogP contribution is 2.27. The average molecular weight is 430 g/mol. The van der Waals surface area contributed by atoms with Gasteiger partial charge in [-0.05, 0) is 49.5 Å². The van der Waals surface area contributed by atoms with E-state index in [0.717, 1.165) is 26.1 Å². The van der Waals surface area contributed by atoms with Gasteiger partial charge in [0.2, 0.25) is 5.88 Å². The molecule has 32 heavy (non-hydrogen) atoms. The molecule has 5 heteroatoms. The highest BCUT2D eigenvalue weighted by Gasteiger charge is 2.15. The Kier molecular flexibility index (Phi) is 7.88. The summed E-state index contributed by atoms with van der Waals surface area (Å²) in [6, 6.07) is 24.4. The lowest BCUT2D eigenvalue weighted by Crippen LogP contribution is -2.26. The first kappa shape index (κ1) is 22.0. The minimum Gasteiger partial charge on any atom is -0.476 e. The van der Waals surface area contributed by atoms with Crippen LogP contribution in [0, 0.1) is 0 Å². The summed E-state index contributed by atoms with van der Waals surface area (Å²) in [4.78, 5) is 19.3. The monoisotopic (exact) mass is 429 g/mol. The van der Waals surface area contributed by atoms with Gasteiger partial charge >= 0.3 is 0 Å². The van der Waals surface area contributed by atoms with Crippen LogP contribution in [0.3, 0.4) is 0 Å². The molecule has 0 bridgehead atoms. The fourth-order valence-electron chi connectivity index (χ4n) is 4.21. The number of likely N-dealkylation sites (tertiary alicyclic amines) is 1. The van der Waals surface area contributed by atoms with Crippen molar-refractivity contribution < 1.29 is 9.53 Å². The second-order valence-corrected chi connectivity index (χ2v) is 8.20. The molecule has 1 N–H and O–H groups in total. The molecule has 2 heterocycles. The third kappa shape index (κ3) is 6.17. The van der Waals surface area contributed by atoms with Crippen LogP contribution in [0.4, 0.5) is 0 Å². The van der Waals surface area contributed by atoms with Gasteiger partial charge in [0.15, 0.2) is 0 Å². The van der Waals surface area contributed by atoms with Crippen molar-refractivity contribution in [2.24, 2.45) is 0 Å². The lowest BCUT2D eigenvalue weighted by Gasteiger charge is -2.18. The summed E-state index contributed by atoms with van der Waals surface area (Å²) >= 11 is 0. The van der Waals surface area contributed by atoms with Crippen molar-refractivity contribution in [1.82, 2.24) is 15.2 Å². The van der Waals surface area contributed by atoms with E-state index >= 15 is 0 Å². The zero-order chi connectivity index (χ0) is 22.0. The van der Waals surface area contributed by atoms with Crippen LogP contribution in [0.1, 0.15) is 46.7 Å². The van der Waals surface area contributed by atoms with E-state index in [4.69, 9.17) is 4.74 Å². The fraction of sp³-hybridized carbons (Fsp3) is 0.333. The van der Waals surface area contributed by atoms with E-state index in [9.17, 15) is 4.79 Å². The lowest BCUT2D eigenvalue weighted by atomic mass is 9.88. The highest BCUT2D eigenvalue weighted by molar-refractivity contribution is 5.93. The van der Waals surface area contributed by atoms with Gasteiger partial charge in [0.25, 0.3) is 5.91 Å². The summed E-state index contributed by atoms with van der Waals surface area (Å²) in [5.41, 5.74) is 3.06. The maximum Gasteiger partial charge on any atom is 0.252 e. The second kappa shape index (κ2) is 11.4. The molecule has 2 aromatic carbocycles. The molecular formula is C27H31N3O2. The maximum absolute atomic E-state index is 12.6. The molecule has 1 aliphatic heterocycles. The zero-order valence-electron chi connectivity index (χ0n) is 18.5. The Labute approximate surface area is 190 Å². The van der Waals surface area contributed by atoms with Crippen molar-refractivity contribution >= 4 is 5.91 Å². The molecule has 1 aliphatic rings. The quantitative estimate of drug-likeness (QED) is 0.515. The van der Waals surface area contributed by atoms with Gasteiger partial charge in [-0.25, -0.2) is 4.98 Å². The van der Waals surface area contributed by atoms with Crippen LogP contribution in [-0.4, -0.2) is 48.6 Å². The summed E-state index contributed by atoms with van der Waals surface area (Å²) < 4.78 is 5.73. The zero-order valence-corrected chi connectivity index (χ0v) is 18.5. The van der Waals surface area contributed by atoms with Gasteiger partial charge in [0, 0.05) is 31.3 Å². The van der Waals surface area contributed by atoms with Gasteiger partial charge in [-0.1, -0.05) is 60.7 Å². The average Bonchev–Trinajstić information content (AvgIpc) is 3.37. The number of benzene rings is 2. The van der Waals surface area contributed by atoms with Gasteiger partial charge in [-0.15, -0.1) is 0 Å². The van der Waals surface area contributed by atoms with Crippen LogP contribution in [-0.2, 0) is 0 Å². The number of pyridine rings is 1. The van der Waals surface area contributed by atoms with E-state index < -0.39 is 0 Å². The third-order valence-electron chi connectivity index (χ3n) is 5.98. The standard InChI is InChI=1S/C27H31N3O2/c31-27(24-13-14-26(29-21-24)32-20-19-30-17-7-8-18-30)28-16-15-25(22-9-3-1-4-10-22)23-11-5-2-6-12-23/h1-6,9-14,21,25H,7-8,15-20H2,(H,28,31). The van der Waals surface area contributed by atoms with E-state index in [0.29, 0.717) is 24.6 Å². The molecule has 0 spiro atoms. The number of hydrogen-bond donors (Lipinski definition) is 1. The lowest BCUT2D eigenvalue weighted by molar-refractivity contribution is 0.0952. The van der Waals surface area contributed by atoms with Gasteiger partial charge in [-0.3, -0.25) is 9.69 Å². The highest BCUT2D eigenvalue weighted by atomic mass is 16.5. The van der Waals surface area contributed by atoms with E-state index in [1.54, 1.807) is 18.3 Å². The van der Waals surface area contributed by atoms with Crippen molar-refractivity contribution in [3.05, 3.63) is 95.7 Å². The molecule has 1 aromatic heterocycles. The fourth-order valence-corrected chi connectivity index (χ4v) is 4.21. The molecule has 4 rings (SSSR count). The van der Waals surface area contributed by atoms with Crippen LogP contribution >= 0.6 is 0 Å². The normalized spacial score (nSPS) is 13.9. The minimum atomic E-state index is -0.110. The Balaban J connectivity index is 1.27. The smallest absolute Gasteiger partial charge is 0.252 e. The number of hydrogen-bond acceptors (Lipinski definition) is 4. The summed E-state index contributed by atoms with van der Waals surface area (Å²) in [7, 11) is 0. The number of rotatable bonds is 10. The van der Waals surface area contributed by atoms with Crippen LogP contribution < -0.4 is 10.1 Å². The number of ether oxygens (including phenoxy) is 1. The van der Waals surface area contributed by atoms with Gasteiger partial charge in [0.1, 0.15) is 6.61 Å². The summed E-state index contributed by atoms with van der Waals surface area (Å²) in [6.45, 7) is 4.45. The molecule has 0 unspecified atom stereocenters. The third-order valence-corrected chi connectivity index (χ3v) is 5.98. The maximum atomic E-state index is 12.6. The first-order chi connectivity index (χ1) is 15.8.